The minimum Gasteiger partial charge on any atom is -0.497 e. The molecule has 10 nitrogen and oxygen atoms in total. The Morgan fingerprint density at radius 1 is 1.17 bits per heavy atom. The zero-order valence-electron chi connectivity index (χ0n) is 16.8. The van der Waals surface area contributed by atoms with Gasteiger partial charge in [-0.2, -0.15) is 0 Å². The van der Waals surface area contributed by atoms with E-state index >= 15 is 0 Å². The van der Waals surface area contributed by atoms with Crippen molar-refractivity contribution < 1.29 is 28.7 Å². The molecular formula is C20H23N3O7. The summed E-state index contributed by atoms with van der Waals surface area (Å²) in [6.45, 7) is 2.13. The summed E-state index contributed by atoms with van der Waals surface area (Å²) >= 11 is 0. The number of amides is 1. The third kappa shape index (κ3) is 6.17. The molecule has 30 heavy (non-hydrogen) atoms. The molecule has 2 aromatic rings. The smallest absolute Gasteiger partial charge is 0.339 e. The Morgan fingerprint density at radius 2 is 1.93 bits per heavy atom. The molecule has 2 N–H and O–H groups in total. The first-order chi connectivity index (χ1) is 14.3. The molecule has 0 saturated heterocycles. The molecular weight excluding hydrogens is 394 g/mol. The van der Waals surface area contributed by atoms with Gasteiger partial charge in [0.05, 0.1) is 24.2 Å². The maximum absolute atomic E-state index is 12.4. The minimum absolute atomic E-state index is 0.0416. The number of nitro groups is 1. The standard InChI is InChI=1S/C20H23N3O7/c1-13(19(24)22-15-5-4-6-16(12-15)29-3)30-20(25)14-7-8-17(21-9-10-28-2)18(11-14)23(26)27/h4-8,11-13,21H,9-10H2,1-3H3,(H,22,24)/t13-/m1/s1. The maximum Gasteiger partial charge on any atom is 0.339 e. The molecule has 1 atom stereocenters. The van der Waals surface area contributed by atoms with Crippen LogP contribution in [0.2, 0.25) is 0 Å². The van der Waals surface area contributed by atoms with Crippen LogP contribution in [0.4, 0.5) is 17.1 Å². The molecule has 0 radical (unpaired) electrons. The van der Waals surface area contributed by atoms with Gasteiger partial charge in [-0.25, -0.2) is 4.79 Å². The molecule has 0 aliphatic heterocycles. The van der Waals surface area contributed by atoms with Crippen LogP contribution in [0.1, 0.15) is 17.3 Å². The highest BCUT2D eigenvalue weighted by Gasteiger charge is 2.22. The van der Waals surface area contributed by atoms with Gasteiger partial charge < -0.3 is 24.8 Å². The molecule has 0 aliphatic carbocycles. The van der Waals surface area contributed by atoms with Crippen LogP contribution in [-0.4, -0.2) is 50.3 Å². The Bertz CT molecular complexity index is 917. The normalized spacial score (nSPS) is 11.3. The van der Waals surface area contributed by atoms with Gasteiger partial charge in [0.15, 0.2) is 6.10 Å². The summed E-state index contributed by atoms with van der Waals surface area (Å²) in [6, 6.07) is 10.6. The Morgan fingerprint density at radius 3 is 2.60 bits per heavy atom. The van der Waals surface area contributed by atoms with Crippen LogP contribution in [0.25, 0.3) is 0 Å². The van der Waals surface area contributed by atoms with Crippen molar-refractivity contribution >= 4 is 28.9 Å². The number of ether oxygens (including phenoxy) is 3. The van der Waals surface area contributed by atoms with Crippen LogP contribution in [0.3, 0.4) is 0 Å². The number of rotatable bonds is 10. The van der Waals surface area contributed by atoms with E-state index in [2.05, 4.69) is 10.6 Å². The highest BCUT2D eigenvalue weighted by atomic mass is 16.6. The van der Waals surface area contributed by atoms with E-state index in [0.29, 0.717) is 24.6 Å². The van der Waals surface area contributed by atoms with Gasteiger partial charge in [-0.15, -0.1) is 0 Å². The number of carbonyl (C=O) groups is 2. The number of nitrogens with one attached hydrogen (secondary N) is 2. The lowest BCUT2D eigenvalue weighted by molar-refractivity contribution is -0.384. The molecule has 0 unspecified atom stereocenters. The van der Waals surface area contributed by atoms with E-state index in [0.717, 1.165) is 6.07 Å². The molecule has 0 bridgehead atoms. The Balaban J connectivity index is 2.05. The zero-order valence-corrected chi connectivity index (χ0v) is 16.8. The lowest BCUT2D eigenvalue weighted by Crippen LogP contribution is -2.30. The van der Waals surface area contributed by atoms with Gasteiger partial charge in [-0.05, 0) is 31.2 Å². The lowest BCUT2D eigenvalue weighted by atomic mass is 10.1. The first-order valence-electron chi connectivity index (χ1n) is 9.03. The van der Waals surface area contributed by atoms with E-state index in [-0.39, 0.29) is 16.9 Å². The predicted molar refractivity (Wildman–Crippen MR) is 110 cm³/mol. The fraction of sp³-hybridized carbons (Fsp3) is 0.300. The van der Waals surface area contributed by atoms with Crippen molar-refractivity contribution in [2.24, 2.45) is 0 Å². The van der Waals surface area contributed by atoms with Gasteiger partial charge >= 0.3 is 5.97 Å². The van der Waals surface area contributed by atoms with Gasteiger partial charge in [-0.3, -0.25) is 14.9 Å². The molecule has 2 rings (SSSR count). The number of nitro benzene ring substituents is 1. The van der Waals surface area contributed by atoms with E-state index in [1.54, 1.807) is 24.3 Å². The summed E-state index contributed by atoms with van der Waals surface area (Å²) < 4.78 is 15.1. The second-order valence-electron chi connectivity index (χ2n) is 6.18. The Hall–Kier alpha value is -3.66. The summed E-state index contributed by atoms with van der Waals surface area (Å²) in [5.74, 6) is -0.845. The van der Waals surface area contributed by atoms with Gasteiger partial charge in [0, 0.05) is 31.5 Å². The van der Waals surface area contributed by atoms with Gasteiger partial charge in [-0.1, -0.05) is 6.07 Å². The summed E-state index contributed by atoms with van der Waals surface area (Å²) in [5.41, 5.74) is 0.399. The molecule has 0 heterocycles. The van der Waals surface area contributed by atoms with Crippen molar-refractivity contribution in [1.29, 1.82) is 0 Å². The molecule has 2 aromatic carbocycles. The molecule has 10 heteroatoms. The average Bonchev–Trinajstić information content (AvgIpc) is 2.73. The first-order valence-corrected chi connectivity index (χ1v) is 9.03. The second-order valence-corrected chi connectivity index (χ2v) is 6.18. The van der Waals surface area contributed by atoms with Crippen molar-refractivity contribution in [1.82, 2.24) is 0 Å². The Labute approximate surface area is 173 Å². The topological polar surface area (TPSA) is 129 Å². The third-order valence-corrected chi connectivity index (χ3v) is 4.04. The van der Waals surface area contributed by atoms with Gasteiger partial charge in [0.2, 0.25) is 0 Å². The number of carbonyl (C=O) groups excluding carboxylic acids is 2. The third-order valence-electron chi connectivity index (χ3n) is 4.04. The van der Waals surface area contributed by atoms with Crippen molar-refractivity contribution in [3.8, 4) is 5.75 Å². The quantitative estimate of drug-likeness (QED) is 0.261. The molecule has 0 saturated carbocycles. The van der Waals surface area contributed by atoms with E-state index in [4.69, 9.17) is 14.2 Å². The molecule has 0 spiro atoms. The van der Waals surface area contributed by atoms with Crippen LogP contribution < -0.4 is 15.4 Å². The number of nitrogens with zero attached hydrogens (tertiary/aromatic N) is 1. The zero-order chi connectivity index (χ0) is 22.1. The van der Waals surface area contributed by atoms with E-state index in [1.807, 2.05) is 0 Å². The lowest BCUT2D eigenvalue weighted by Gasteiger charge is -2.14. The van der Waals surface area contributed by atoms with E-state index < -0.39 is 22.9 Å². The highest BCUT2D eigenvalue weighted by molar-refractivity contribution is 5.98. The van der Waals surface area contributed by atoms with Crippen LogP contribution in [0.5, 0.6) is 5.75 Å². The molecule has 160 valence electrons. The van der Waals surface area contributed by atoms with Crippen molar-refractivity contribution in [2.45, 2.75) is 13.0 Å². The summed E-state index contributed by atoms with van der Waals surface area (Å²) in [4.78, 5) is 35.4. The highest BCUT2D eigenvalue weighted by Crippen LogP contribution is 2.26. The fourth-order valence-corrected chi connectivity index (χ4v) is 2.47. The van der Waals surface area contributed by atoms with Crippen LogP contribution in [0.15, 0.2) is 42.5 Å². The van der Waals surface area contributed by atoms with Gasteiger partial charge in [0.1, 0.15) is 11.4 Å². The molecule has 0 fully saturated rings. The molecule has 0 aromatic heterocycles. The maximum atomic E-state index is 12.4. The molecule has 0 aliphatic rings. The monoisotopic (exact) mass is 417 g/mol. The minimum atomic E-state index is -1.12. The summed E-state index contributed by atoms with van der Waals surface area (Å²) in [6.07, 6.45) is -1.12. The van der Waals surface area contributed by atoms with E-state index in [1.165, 1.54) is 33.3 Å². The van der Waals surface area contributed by atoms with Crippen molar-refractivity contribution in [3.63, 3.8) is 0 Å². The number of methoxy groups -OCH3 is 2. The predicted octanol–water partition coefficient (Wildman–Crippen LogP) is 2.85. The second kappa shape index (κ2) is 10.8. The van der Waals surface area contributed by atoms with Crippen LogP contribution in [-0.2, 0) is 14.3 Å². The number of benzene rings is 2. The van der Waals surface area contributed by atoms with Crippen LogP contribution in [0, 0.1) is 10.1 Å². The fourth-order valence-electron chi connectivity index (χ4n) is 2.47. The number of anilines is 2. The number of hydrogen-bond donors (Lipinski definition) is 2. The van der Waals surface area contributed by atoms with Crippen molar-refractivity contribution in [2.75, 3.05) is 38.0 Å². The number of hydrogen-bond acceptors (Lipinski definition) is 8. The summed E-state index contributed by atoms with van der Waals surface area (Å²) in [7, 11) is 3.02. The van der Waals surface area contributed by atoms with Crippen molar-refractivity contribution in [3.05, 3.63) is 58.1 Å². The molecule has 1 amide bonds. The van der Waals surface area contributed by atoms with E-state index in [9.17, 15) is 19.7 Å². The average molecular weight is 417 g/mol. The SMILES string of the molecule is COCCNc1ccc(C(=O)O[C@H](C)C(=O)Nc2cccc(OC)c2)cc1[N+](=O)[O-]. The van der Waals surface area contributed by atoms with Crippen LogP contribution >= 0.6 is 0 Å². The summed E-state index contributed by atoms with van der Waals surface area (Å²) in [5, 5.41) is 16.8. The number of esters is 1. The van der Waals surface area contributed by atoms with Gasteiger partial charge in [0.25, 0.3) is 11.6 Å². The largest absolute Gasteiger partial charge is 0.497 e. The first kappa shape index (κ1) is 22.6. The Kier molecular flexibility index (Phi) is 8.12.